The first-order chi connectivity index (χ1) is 5.76. The van der Waals surface area contributed by atoms with E-state index in [1.54, 1.807) is 7.85 Å². The molecular formula is C5H12BN3O3. The fourth-order valence-corrected chi connectivity index (χ4v) is 0.695. The molecule has 0 radical (unpaired) electrons. The number of nitrogens with zero attached hydrogens (tertiary/aromatic N) is 3. The molecule has 6 nitrogen and oxygen atoms in total. The van der Waals surface area contributed by atoms with Crippen molar-refractivity contribution in [3.63, 3.8) is 0 Å². The zero-order valence-corrected chi connectivity index (χ0v) is 6.92. The molecule has 0 saturated heterocycles. The highest BCUT2D eigenvalue weighted by molar-refractivity contribution is 6.11. The Balaban J connectivity index is 3.84. The Kier molecular flexibility index (Phi) is 6.50. The van der Waals surface area contributed by atoms with Crippen LogP contribution in [0.15, 0.2) is 5.11 Å². The van der Waals surface area contributed by atoms with E-state index in [2.05, 4.69) is 10.0 Å². The monoisotopic (exact) mass is 173 g/mol. The summed E-state index contributed by atoms with van der Waals surface area (Å²) in [7, 11) is 1.67. The zero-order chi connectivity index (χ0) is 9.40. The number of aliphatic hydroxyl groups is 2. The van der Waals surface area contributed by atoms with Gasteiger partial charge in [-0.25, -0.2) is 0 Å². The van der Waals surface area contributed by atoms with Crippen molar-refractivity contribution in [2.45, 2.75) is 12.0 Å². The summed E-state index contributed by atoms with van der Waals surface area (Å²) in [6.45, 7) is -0.159. The minimum atomic E-state index is -0.582. The summed E-state index contributed by atoms with van der Waals surface area (Å²) in [4.78, 5) is 2.56. The van der Waals surface area contributed by atoms with Crippen LogP contribution in [0, 0.1) is 0 Å². The van der Waals surface area contributed by atoms with Gasteiger partial charge >= 0.3 is 0 Å². The summed E-state index contributed by atoms with van der Waals surface area (Å²) in [5, 5.41) is 20.4. The quantitative estimate of drug-likeness (QED) is 0.224. The first-order valence-electron chi connectivity index (χ1n) is 3.63. The van der Waals surface area contributed by atoms with E-state index in [9.17, 15) is 0 Å². The predicted molar refractivity (Wildman–Crippen MR) is 45.4 cm³/mol. The molecule has 0 aliphatic heterocycles. The van der Waals surface area contributed by atoms with Crippen molar-refractivity contribution in [1.29, 1.82) is 0 Å². The minimum absolute atomic E-state index is 0.0846. The Bertz CT molecular complexity index is 162. The number of aliphatic hydroxyl groups excluding tert-OH is 2. The minimum Gasteiger partial charge on any atom is -0.396 e. The lowest BCUT2D eigenvalue weighted by molar-refractivity contribution is 0.0473. The van der Waals surface area contributed by atoms with Gasteiger partial charge in [-0.2, -0.15) is 0 Å². The van der Waals surface area contributed by atoms with E-state index < -0.39 is 6.04 Å². The normalized spacial score (nSPS) is 14.8. The van der Waals surface area contributed by atoms with Crippen LogP contribution in [-0.2, 0) is 4.74 Å². The molecule has 0 spiro atoms. The van der Waals surface area contributed by atoms with Crippen molar-refractivity contribution in [2.24, 2.45) is 5.11 Å². The Labute approximate surface area is 71.2 Å². The molecule has 0 heterocycles. The summed E-state index contributed by atoms with van der Waals surface area (Å²) in [6.07, 6.45) is 0. The van der Waals surface area contributed by atoms with Gasteiger partial charge in [0.15, 0.2) is 0 Å². The van der Waals surface area contributed by atoms with Crippen molar-refractivity contribution in [2.75, 3.05) is 19.8 Å². The molecule has 2 atom stereocenters. The topological polar surface area (TPSA) is 98.5 Å². The van der Waals surface area contributed by atoms with E-state index in [4.69, 9.17) is 20.5 Å². The molecule has 0 fully saturated rings. The lowest BCUT2D eigenvalue weighted by Crippen LogP contribution is -2.31. The SMILES string of the molecule is B[C@H](OCCO)[C@@H](CO)N=[N+]=[N-]. The number of rotatable bonds is 6. The second-order valence-corrected chi connectivity index (χ2v) is 2.25. The van der Waals surface area contributed by atoms with Gasteiger partial charge < -0.3 is 14.9 Å². The molecule has 68 valence electrons. The largest absolute Gasteiger partial charge is 0.396 e. The van der Waals surface area contributed by atoms with Gasteiger partial charge in [0.1, 0.15) is 7.85 Å². The van der Waals surface area contributed by atoms with E-state index in [0.717, 1.165) is 0 Å². The van der Waals surface area contributed by atoms with Crippen molar-refractivity contribution in [3.05, 3.63) is 10.4 Å². The maximum Gasteiger partial charge on any atom is 0.139 e. The van der Waals surface area contributed by atoms with Crippen LogP contribution in [0.25, 0.3) is 10.4 Å². The summed E-state index contributed by atoms with van der Waals surface area (Å²) in [6, 6.07) is -0.959. The molecule has 0 aromatic heterocycles. The Morgan fingerprint density at radius 1 is 1.58 bits per heavy atom. The van der Waals surface area contributed by atoms with Gasteiger partial charge in [0.25, 0.3) is 0 Å². The number of azide groups is 1. The summed E-state index contributed by atoms with van der Waals surface area (Å²) in [5.41, 5.74) is 8.08. The summed E-state index contributed by atoms with van der Waals surface area (Å²) >= 11 is 0. The molecule has 0 unspecified atom stereocenters. The van der Waals surface area contributed by atoms with Crippen LogP contribution in [0.1, 0.15) is 0 Å². The van der Waals surface area contributed by atoms with E-state index in [0.29, 0.717) is 0 Å². The fraction of sp³-hybridized carbons (Fsp3) is 1.00. The third-order valence-electron chi connectivity index (χ3n) is 1.40. The first-order valence-corrected chi connectivity index (χ1v) is 3.63. The standard InChI is InChI=1S/C5H12BN3O3/c6-5(12-2-1-10)4(3-11)8-9-7/h4-5,10-11H,1-3,6H2/t4-,5-/m1/s1. The molecule has 0 amide bonds. The van der Waals surface area contributed by atoms with Gasteiger partial charge in [-0.15, -0.1) is 0 Å². The van der Waals surface area contributed by atoms with Crippen molar-refractivity contribution in [1.82, 2.24) is 0 Å². The molecule has 2 N–H and O–H groups in total. The van der Waals surface area contributed by atoms with Crippen LogP contribution >= 0.6 is 0 Å². The van der Waals surface area contributed by atoms with E-state index in [1.165, 1.54) is 0 Å². The molecule has 12 heavy (non-hydrogen) atoms. The summed E-state index contributed by atoms with van der Waals surface area (Å²) < 4.78 is 5.02. The van der Waals surface area contributed by atoms with Crippen LogP contribution < -0.4 is 0 Å². The molecule has 7 heteroatoms. The molecule has 0 aliphatic carbocycles. The van der Waals surface area contributed by atoms with E-state index >= 15 is 0 Å². The molecule has 0 rings (SSSR count). The fourth-order valence-electron chi connectivity index (χ4n) is 0.695. The number of hydrogen-bond donors (Lipinski definition) is 2. The second-order valence-electron chi connectivity index (χ2n) is 2.25. The number of hydrogen-bond acceptors (Lipinski definition) is 4. The van der Waals surface area contributed by atoms with Crippen LogP contribution in [0.5, 0.6) is 0 Å². The molecule has 0 saturated carbocycles. The molecular weight excluding hydrogens is 161 g/mol. The van der Waals surface area contributed by atoms with Crippen LogP contribution in [0.2, 0.25) is 0 Å². The van der Waals surface area contributed by atoms with Gasteiger partial charge in [-0.1, -0.05) is 5.11 Å². The highest BCUT2D eigenvalue weighted by atomic mass is 16.5. The smallest absolute Gasteiger partial charge is 0.139 e. The van der Waals surface area contributed by atoms with E-state index in [-0.39, 0.29) is 25.8 Å². The van der Waals surface area contributed by atoms with Gasteiger partial charge in [-0.05, 0) is 5.53 Å². The second kappa shape index (κ2) is 6.93. The summed E-state index contributed by atoms with van der Waals surface area (Å²) in [5.74, 6) is 0. The van der Waals surface area contributed by atoms with E-state index in [1.807, 2.05) is 0 Å². The zero-order valence-electron chi connectivity index (χ0n) is 6.92. The van der Waals surface area contributed by atoms with Crippen molar-refractivity contribution >= 4 is 7.85 Å². The van der Waals surface area contributed by atoms with Gasteiger partial charge in [0.2, 0.25) is 0 Å². The molecule has 0 bridgehead atoms. The Hall–Kier alpha value is -0.745. The molecule has 0 aromatic rings. The lowest BCUT2D eigenvalue weighted by atomic mass is 9.93. The van der Waals surface area contributed by atoms with Gasteiger partial charge in [-0.3, -0.25) is 0 Å². The van der Waals surface area contributed by atoms with Crippen LogP contribution in [0.4, 0.5) is 0 Å². The maximum atomic E-state index is 8.72. The predicted octanol–water partition coefficient (Wildman–Crippen LogP) is -1.37. The number of ether oxygens (including phenoxy) is 1. The first kappa shape index (κ1) is 11.3. The van der Waals surface area contributed by atoms with Crippen LogP contribution in [0.3, 0.4) is 0 Å². The Morgan fingerprint density at radius 3 is 2.67 bits per heavy atom. The maximum absolute atomic E-state index is 8.72. The Morgan fingerprint density at radius 2 is 2.25 bits per heavy atom. The third kappa shape index (κ3) is 4.20. The average Bonchev–Trinajstić information content (AvgIpc) is 2.10. The molecule has 0 aromatic carbocycles. The highest BCUT2D eigenvalue weighted by Crippen LogP contribution is 1.99. The third-order valence-corrected chi connectivity index (χ3v) is 1.40. The average molecular weight is 173 g/mol. The lowest BCUT2D eigenvalue weighted by Gasteiger charge is -2.17. The van der Waals surface area contributed by atoms with Crippen molar-refractivity contribution < 1.29 is 14.9 Å². The van der Waals surface area contributed by atoms with Crippen molar-refractivity contribution in [3.8, 4) is 0 Å². The highest BCUT2D eigenvalue weighted by Gasteiger charge is 2.14. The molecule has 0 aliphatic rings. The van der Waals surface area contributed by atoms with Gasteiger partial charge in [0.05, 0.1) is 25.9 Å². The van der Waals surface area contributed by atoms with Crippen LogP contribution in [-0.4, -0.2) is 49.9 Å². The van der Waals surface area contributed by atoms with Gasteiger partial charge in [0, 0.05) is 10.9 Å².